The number of furan rings is 1. The van der Waals surface area contributed by atoms with E-state index in [2.05, 4.69) is 222 Å². The maximum Gasteiger partial charge on any atom is 0.242 e. The Morgan fingerprint density at radius 1 is 0.493 bits per heavy atom. The fourth-order valence-electron chi connectivity index (χ4n) is 15.8. The maximum absolute atomic E-state index is 6.43. The van der Waals surface area contributed by atoms with Crippen molar-refractivity contribution in [1.82, 2.24) is 9.55 Å². The van der Waals surface area contributed by atoms with Gasteiger partial charge >= 0.3 is 0 Å². The zero-order chi connectivity index (χ0) is 49.3. The zero-order valence-corrected chi connectivity index (χ0v) is 43.0. The van der Waals surface area contributed by atoms with Gasteiger partial charge in [0.25, 0.3) is 0 Å². The smallest absolute Gasteiger partial charge is 0.242 e. The minimum Gasteiger partial charge on any atom is -0.456 e. The Hall–Kier alpha value is -7.43. The van der Waals surface area contributed by atoms with Crippen molar-refractivity contribution in [3.05, 3.63) is 220 Å². The molecule has 4 bridgehead atoms. The standard InChI is InChI=1S/C69H61BN2O/c1-42-31-44(3)65(45(4)32-42)70(66-46(5)33-43(2)34-47(66)6)54-14-11-13-51(36-54)60-18-12-17-59(71-60)50-21-23-52(24-22-50)68-37-48-35-49(38-68)40-69(39-48,41-68)53-25-27-55(28-26-53)72-61-19-9-7-15-56(61)57-29-30-63-64(67(57)72)58-16-8-10-20-62(58)73-63/h7-34,36,48-49H,35,37-41H2,1-6H3. The second kappa shape index (κ2) is 16.6. The Balaban J connectivity index is 0.777. The molecule has 4 fully saturated rings. The fourth-order valence-corrected chi connectivity index (χ4v) is 15.8. The Bertz CT molecular complexity index is 3900. The van der Waals surface area contributed by atoms with E-state index in [1.54, 1.807) is 0 Å². The van der Waals surface area contributed by atoms with E-state index in [-0.39, 0.29) is 17.5 Å². The molecule has 3 aromatic heterocycles. The number of para-hydroxylation sites is 2. The number of aromatic nitrogens is 2. The summed E-state index contributed by atoms with van der Waals surface area (Å²) in [5.74, 6) is 1.51. The summed E-state index contributed by atoms with van der Waals surface area (Å²) in [6.45, 7) is 13.7. The molecule has 8 aromatic carbocycles. The van der Waals surface area contributed by atoms with Gasteiger partial charge < -0.3 is 8.98 Å². The monoisotopic (exact) mass is 944 g/mol. The van der Waals surface area contributed by atoms with Gasteiger partial charge in [-0.1, -0.05) is 177 Å². The van der Waals surface area contributed by atoms with Crippen LogP contribution in [0.2, 0.25) is 0 Å². The Morgan fingerprint density at radius 3 is 1.70 bits per heavy atom. The Kier molecular flexibility index (Phi) is 10.0. The molecule has 0 spiro atoms. The number of nitrogens with zero attached hydrogens (tertiary/aromatic N) is 2. The minimum atomic E-state index is 0.113. The van der Waals surface area contributed by atoms with E-state index in [0.29, 0.717) is 0 Å². The van der Waals surface area contributed by atoms with Gasteiger partial charge in [-0.2, -0.15) is 0 Å². The highest BCUT2D eigenvalue weighted by Crippen LogP contribution is 2.66. The van der Waals surface area contributed by atoms with Crippen LogP contribution >= 0.6 is 0 Å². The van der Waals surface area contributed by atoms with Gasteiger partial charge in [0.15, 0.2) is 0 Å². The lowest BCUT2D eigenvalue weighted by molar-refractivity contribution is -0.0281. The van der Waals surface area contributed by atoms with Crippen molar-refractivity contribution in [2.24, 2.45) is 11.8 Å². The van der Waals surface area contributed by atoms with E-state index in [1.165, 1.54) is 143 Å². The van der Waals surface area contributed by atoms with E-state index in [9.17, 15) is 0 Å². The van der Waals surface area contributed by atoms with Crippen LogP contribution in [0.5, 0.6) is 0 Å². The Morgan fingerprint density at radius 2 is 1.05 bits per heavy atom. The van der Waals surface area contributed by atoms with Gasteiger partial charge in [0, 0.05) is 27.4 Å². The molecule has 2 unspecified atom stereocenters. The molecule has 4 heteroatoms. The Labute approximate surface area is 430 Å². The summed E-state index contributed by atoms with van der Waals surface area (Å²) in [6.07, 6.45) is 7.79. The first kappa shape index (κ1) is 44.3. The average molecular weight is 945 g/mol. The molecule has 4 saturated carbocycles. The lowest BCUT2D eigenvalue weighted by Crippen LogP contribution is -2.55. The number of hydrogen-bond donors (Lipinski definition) is 0. The van der Waals surface area contributed by atoms with E-state index in [1.807, 2.05) is 0 Å². The third kappa shape index (κ3) is 7.04. The van der Waals surface area contributed by atoms with Crippen molar-refractivity contribution in [2.45, 2.75) is 90.9 Å². The molecule has 4 aliphatic rings. The molecule has 15 rings (SSSR count). The first-order valence-corrected chi connectivity index (χ1v) is 26.8. The highest BCUT2D eigenvalue weighted by molar-refractivity contribution is 6.96. The van der Waals surface area contributed by atoms with Crippen molar-refractivity contribution in [3.8, 4) is 28.2 Å². The van der Waals surface area contributed by atoms with Crippen LogP contribution in [0.1, 0.15) is 83.0 Å². The van der Waals surface area contributed by atoms with Crippen LogP contribution in [-0.4, -0.2) is 16.3 Å². The minimum absolute atomic E-state index is 0.113. The number of fused-ring (bicyclic) bond motifs is 7. The van der Waals surface area contributed by atoms with Crippen molar-refractivity contribution >= 4 is 66.8 Å². The molecule has 0 N–H and O–H groups in total. The molecule has 11 aromatic rings. The van der Waals surface area contributed by atoms with Gasteiger partial charge in [-0.15, -0.1) is 0 Å². The molecular formula is C69H61BN2O. The third-order valence-corrected chi connectivity index (χ3v) is 18.1. The molecule has 0 amide bonds. The predicted octanol–water partition coefficient (Wildman–Crippen LogP) is 15.6. The molecule has 73 heavy (non-hydrogen) atoms. The van der Waals surface area contributed by atoms with Gasteiger partial charge in [-0.05, 0) is 168 Å². The van der Waals surface area contributed by atoms with Crippen LogP contribution in [0.4, 0.5) is 0 Å². The van der Waals surface area contributed by atoms with Crippen LogP contribution in [0, 0.1) is 53.4 Å². The summed E-state index contributed by atoms with van der Waals surface area (Å²) in [7, 11) is 0. The quantitative estimate of drug-likeness (QED) is 0.142. The SMILES string of the molecule is Cc1cc(C)c(B(c2cccc(-c3cccc(-c4ccc(C56CC7CC(C5)CC(c5ccc(-n8c9ccccc9c9ccc%10oc%11ccccc%11c%10c98)cc5)(C7)C6)cc4)n3)c2)c2c(C)cc(C)cc2C)c(C)c1. The van der Waals surface area contributed by atoms with E-state index in [4.69, 9.17) is 9.40 Å². The van der Waals surface area contributed by atoms with Crippen molar-refractivity contribution in [3.63, 3.8) is 0 Å². The first-order valence-electron chi connectivity index (χ1n) is 26.8. The number of aryl methyl sites for hydroxylation is 6. The molecule has 2 atom stereocenters. The van der Waals surface area contributed by atoms with Crippen LogP contribution in [0.15, 0.2) is 180 Å². The predicted molar refractivity (Wildman–Crippen MR) is 307 cm³/mol. The molecule has 356 valence electrons. The molecule has 3 heterocycles. The average Bonchev–Trinajstić information content (AvgIpc) is 3.94. The molecule has 3 nitrogen and oxygen atoms in total. The molecule has 0 aliphatic heterocycles. The highest BCUT2D eigenvalue weighted by atomic mass is 16.3. The summed E-state index contributed by atoms with van der Waals surface area (Å²) in [5, 5.41) is 4.89. The zero-order valence-electron chi connectivity index (χ0n) is 43.0. The number of rotatable bonds is 8. The molecule has 0 saturated heterocycles. The topological polar surface area (TPSA) is 31.0 Å². The van der Waals surface area contributed by atoms with Crippen LogP contribution in [-0.2, 0) is 10.8 Å². The summed E-state index contributed by atoms with van der Waals surface area (Å²) in [6, 6.07) is 66.4. The van der Waals surface area contributed by atoms with Crippen LogP contribution in [0.25, 0.3) is 71.9 Å². The number of hydrogen-bond acceptors (Lipinski definition) is 2. The third-order valence-electron chi connectivity index (χ3n) is 18.1. The lowest BCUT2D eigenvalue weighted by atomic mass is 9.34. The van der Waals surface area contributed by atoms with Crippen LogP contribution in [0.3, 0.4) is 0 Å². The number of benzene rings is 8. The van der Waals surface area contributed by atoms with Gasteiger partial charge in [0.1, 0.15) is 11.2 Å². The highest BCUT2D eigenvalue weighted by Gasteiger charge is 2.58. The van der Waals surface area contributed by atoms with Crippen LogP contribution < -0.4 is 16.4 Å². The van der Waals surface area contributed by atoms with Crippen molar-refractivity contribution in [2.75, 3.05) is 0 Å². The summed E-state index contributed by atoms with van der Waals surface area (Å²) in [4.78, 5) is 5.40. The van der Waals surface area contributed by atoms with E-state index < -0.39 is 0 Å². The van der Waals surface area contributed by atoms with Gasteiger partial charge in [0.05, 0.1) is 27.8 Å². The van der Waals surface area contributed by atoms with Gasteiger partial charge in [-0.3, -0.25) is 0 Å². The summed E-state index contributed by atoms with van der Waals surface area (Å²) < 4.78 is 8.92. The van der Waals surface area contributed by atoms with E-state index >= 15 is 0 Å². The molecule has 4 aliphatic carbocycles. The van der Waals surface area contributed by atoms with Crippen molar-refractivity contribution in [1.29, 1.82) is 0 Å². The maximum atomic E-state index is 6.43. The molecular weight excluding hydrogens is 884 g/mol. The van der Waals surface area contributed by atoms with Gasteiger partial charge in [-0.25, -0.2) is 4.98 Å². The second-order valence-corrected chi connectivity index (χ2v) is 23.0. The number of pyridine rings is 1. The second-order valence-electron chi connectivity index (χ2n) is 23.0. The first-order chi connectivity index (χ1) is 35.5. The lowest BCUT2D eigenvalue weighted by Gasteiger charge is -2.63. The van der Waals surface area contributed by atoms with Gasteiger partial charge in [0.2, 0.25) is 6.71 Å². The summed E-state index contributed by atoms with van der Waals surface area (Å²) >= 11 is 0. The van der Waals surface area contributed by atoms with E-state index in [0.717, 1.165) is 40.0 Å². The summed E-state index contributed by atoms with van der Waals surface area (Å²) in [5.41, 5.74) is 25.4. The normalized spacial score (nSPS) is 20.2. The largest absolute Gasteiger partial charge is 0.456 e. The molecule has 0 radical (unpaired) electrons. The van der Waals surface area contributed by atoms with Crippen molar-refractivity contribution < 1.29 is 4.42 Å². The fraction of sp³-hybridized carbons (Fsp3) is 0.232.